The molecule has 0 amide bonds. The number of hydrogen-bond acceptors (Lipinski definition) is 4. The van der Waals surface area contributed by atoms with E-state index in [0.717, 1.165) is 36.3 Å². The van der Waals surface area contributed by atoms with E-state index in [9.17, 15) is 4.79 Å². The van der Waals surface area contributed by atoms with Crippen molar-refractivity contribution in [3.8, 4) is 22.8 Å². The summed E-state index contributed by atoms with van der Waals surface area (Å²) in [6, 6.07) is 18.5. The molecule has 0 radical (unpaired) electrons. The summed E-state index contributed by atoms with van der Waals surface area (Å²) >= 11 is 0. The van der Waals surface area contributed by atoms with Gasteiger partial charge in [-0.1, -0.05) is 38.5 Å². The maximum Gasteiger partial charge on any atom is 0.343 e. The van der Waals surface area contributed by atoms with Crippen LogP contribution in [0.5, 0.6) is 11.5 Å². The summed E-state index contributed by atoms with van der Waals surface area (Å²) < 4.78 is 11.1. The van der Waals surface area contributed by atoms with Crippen molar-refractivity contribution in [1.82, 2.24) is 4.98 Å². The number of unbranched alkanes of at least 4 members (excludes halogenated alkanes) is 1. The lowest BCUT2D eigenvalue weighted by Gasteiger charge is -2.08. The largest absolute Gasteiger partial charge is 0.494 e. The first-order chi connectivity index (χ1) is 13.7. The highest BCUT2D eigenvalue weighted by molar-refractivity contribution is 5.91. The number of esters is 1. The lowest BCUT2D eigenvalue weighted by Crippen LogP contribution is -2.08. The Hall–Kier alpha value is -3.14. The van der Waals surface area contributed by atoms with Crippen molar-refractivity contribution in [1.29, 1.82) is 0 Å². The van der Waals surface area contributed by atoms with Gasteiger partial charge in [0.25, 0.3) is 0 Å². The van der Waals surface area contributed by atoms with Gasteiger partial charge in [-0.3, -0.25) is 4.98 Å². The molecule has 0 N–H and O–H groups in total. The number of pyridine rings is 1. The van der Waals surface area contributed by atoms with Crippen molar-refractivity contribution >= 4 is 5.97 Å². The molecule has 1 aromatic heterocycles. The van der Waals surface area contributed by atoms with Crippen molar-refractivity contribution in [2.24, 2.45) is 0 Å². The van der Waals surface area contributed by atoms with Crippen molar-refractivity contribution in [3.63, 3.8) is 0 Å². The zero-order valence-electron chi connectivity index (χ0n) is 16.4. The van der Waals surface area contributed by atoms with Crippen molar-refractivity contribution < 1.29 is 14.3 Å². The van der Waals surface area contributed by atoms with E-state index in [1.165, 1.54) is 5.56 Å². The van der Waals surface area contributed by atoms with Gasteiger partial charge in [-0.05, 0) is 60.9 Å². The molecule has 0 atom stereocenters. The van der Waals surface area contributed by atoms with Crippen LogP contribution < -0.4 is 9.47 Å². The van der Waals surface area contributed by atoms with E-state index < -0.39 is 0 Å². The van der Waals surface area contributed by atoms with Crippen LogP contribution in [0.3, 0.4) is 0 Å². The van der Waals surface area contributed by atoms with Crippen LogP contribution in [-0.4, -0.2) is 17.6 Å². The number of benzene rings is 2. The third-order valence-corrected chi connectivity index (χ3v) is 4.45. The number of rotatable bonds is 8. The van der Waals surface area contributed by atoms with Gasteiger partial charge in [0.1, 0.15) is 11.5 Å². The van der Waals surface area contributed by atoms with Crippen LogP contribution in [0.2, 0.25) is 0 Å². The van der Waals surface area contributed by atoms with Gasteiger partial charge in [-0.2, -0.15) is 0 Å². The van der Waals surface area contributed by atoms with E-state index >= 15 is 0 Å². The third kappa shape index (κ3) is 5.19. The summed E-state index contributed by atoms with van der Waals surface area (Å²) in [5.74, 6) is 0.883. The second-order valence-electron chi connectivity index (χ2n) is 6.55. The summed E-state index contributed by atoms with van der Waals surface area (Å²) in [6.45, 7) is 4.92. The molecule has 0 unspecified atom stereocenters. The maximum absolute atomic E-state index is 12.4. The Bertz CT molecular complexity index is 885. The minimum atomic E-state index is -0.388. The Morgan fingerprint density at radius 1 is 0.893 bits per heavy atom. The topological polar surface area (TPSA) is 48.4 Å². The Kier molecular flexibility index (Phi) is 6.79. The first-order valence-corrected chi connectivity index (χ1v) is 9.70. The molecule has 144 valence electrons. The lowest BCUT2D eigenvalue weighted by molar-refractivity contribution is 0.0734. The van der Waals surface area contributed by atoms with E-state index in [4.69, 9.17) is 9.47 Å². The number of aryl methyl sites for hydroxylation is 1. The average molecular weight is 375 g/mol. The molecule has 3 rings (SSSR count). The Balaban J connectivity index is 1.61. The number of ether oxygens (including phenoxy) is 2. The zero-order chi connectivity index (χ0) is 19.8. The molecule has 28 heavy (non-hydrogen) atoms. The summed E-state index contributed by atoms with van der Waals surface area (Å²) in [5.41, 5.74) is 3.55. The number of carbonyl (C=O) groups excluding carboxylic acids is 1. The monoisotopic (exact) mass is 375 g/mol. The van der Waals surface area contributed by atoms with Crippen molar-refractivity contribution in [3.05, 3.63) is 78.0 Å². The molecule has 4 nitrogen and oxygen atoms in total. The first kappa shape index (κ1) is 19.6. The van der Waals surface area contributed by atoms with Crippen molar-refractivity contribution in [2.45, 2.75) is 33.1 Å². The molecule has 0 aliphatic rings. The van der Waals surface area contributed by atoms with Crippen LogP contribution in [0.4, 0.5) is 0 Å². The fourth-order valence-electron chi connectivity index (χ4n) is 2.69. The fourth-order valence-corrected chi connectivity index (χ4v) is 2.69. The third-order valence-electron chi connectivity index (χ3n) is 4.45. The quantitative estimate of drug-likeness (QED) is 0.287. The molecular formula is C24H25NO3. The van der Waals surface area contributed by atoms with Crippen LogP contribution in [0.1, 0.15) is 42.6 Å². The van der Waals surface area contributed by atoms with E-state index in [-0.39, 0.29) is 5.97 Å². The van der Waals surface area contributed by atoms with Gasteiger partial charge >= 0.3 is 5.97 Å². The minimum Gasteiger partial charge on any atom is -0.494 e. The molecule has 0 saturated carbocycles. The molecule has 3 aromatic rings. The zero-order valence-corrected chi connectivity index (χ0v) is 16.4. The molecule has 1 heterocycles. The molecule has 0 fully saturated rings. The van der Waals surface area contributed by atoms with Crippen molar-refractivity contribution in [2.75, 3.05) is 6.61 Å². The van der Waals surface area contributed by atoms with Crippen LogP contribution in [0, 0.1) is 0 Å². The normalized spacial score (nSPS) is 10.5. The Morgan fingerprint density at radius 2 is 1.61 bits per heavy atom. The average Bonchev–Trinajstić information content (AvgIpc) is 2.75. The minimum absolute atomic E-state index is 0.388. The van der Waals surface area contributed by atoms with Crippen LogP contribution in [-0.2, 0) is 6.42 Å². The highest BCUT2D eigenvalue weighted by Crippen LogP contribution is 2.21. The SMILES string of the molecule is CCCCOc1ccc(OC(=O)c2ccc(-c3ccc(CC)cn3)cc2)cc1. The second kappa shape index (κ2) is 9.70. The molecule has 0 bridgehead atoms. The molecule has 0 spiro atoms. The second-order valence-corrected chi connectivity index (χ2v) is 6.55. The van der Waals surface area contributed by atoms with E-state index in [1.54, 1.807) is 24.3 Å². The molecule has 0 aliphatic heterocycles. The summed E-state index contributed by atoms with van der Waals surface area (Å²) in [7, 11) is 0. The maximum atomic E-state index is 12.4. The number of hydrogen-bond donors (Lipinski definition) is 0. The Morgan fingerprint density at radius 3 is 2.21 bits per heavy atom. The highest BCUT2D eigenvalue weighted by Gasteiger charge is 2.09. The number of carbonyl (C=O) groups is 1. The van der Waals surface area contributed by atoms with Crippen LogP contribution >= 0.6 is 0 Å². The predicted molar refractivity (Wildman–Crippen MR) is 111 cm³/mol. The summed E-state index contributed by atoms with van der Waals surface area (Å²) in [6.07, 6.45) is 4.95. The van der Waals surface area contributed by atoms with Crippen LogP contribution in [0.15, 0.2) is 66.9 Å². The standard InChI is InChI=1S/C24H25NO3/c1-3-5-16-27-21-11-13-22(14-12-21)28-24(26)20-9-7-19(8-10-20)23-15-6-18(4-2)17-25-23/h6-15,17H,3-5,16H2,1-2H3. The molecule has 2 aromatic carbocycles. The van der Waals surface area contributed by atoms with E-state index in [1.807, 2.05) is 36.5 Å². The highest BCUT2D eigenvalue weighted by atomic mass is 16.5. The van der Waals surface area contributed by atoms with Gasteiger partial charge in [0.2, 0.25) is 0 Å². The molecule has 0 aliphatic carbocycles. The Labute approximate surface area is 166 Å². The van der Waals surface area contributed by atoms with Crippen LogP contribution in [0.25, 0.3) is 11.3 Å². The van der Waals surface area contributed by atoms with E-state index in [0.29, 0.717) is 17.9 Å². The lowest BCUT2D eigenvalue weighted by atomic mass is 10.1. The summed E-state index contributed by atoms with van der Waals surface area (Å²) in [4.78, 5) is 16.8. The van der Waals surface area contributed by atoms with Gasteiger partial charge in [0.05, 0.1) is 17.9 Å². The van der Waals surface area contributed by atoms with E-state index in [2.05, 4.69) is 24.9 Å². The summed E-state index contributed by atoms with van der Waals surface area (Å²) in [5, 5.41) is 0. The van der Waals surface area contributed by atoms with Gasteiger partial charge in [0.15, 0.2) is 0 Å². The van der Waals surface area contributed by atoms with Gasteiger partial charge in [-0.25, -0.2) is 4.79 Å². The number of aromatic nitrogens is 1. The van der Waals surface area contributed by atoms with Gasteiger partial charge in [0, 0.05) is 11.8 Å². The molecular weight excluding hydrogens is 350 g/mol. The smallest absolute Gasteiger partial charge is 0.343 e. The first-order valence-electron chi connectivity index (χ1n) is 9.70. The molecule has 0 saturated heterocycles. The number of nitrogens with zero attached hydrogens (tertiary/aromatic N) is 1. The molecule has 4 heteroatoms. The predicted octanol–water partition coefficient (Wildman–Crippen LogP) is 5.71. The van der Waals surface area contributed by atoms with Gasteiger partial charge < -0.3 is 9.47 Å². The van der Waals surface area contributed by atoms with Gasteiger partial charge in [-0.15, -0.1) is 0 Å². The fraction of sp³-hybridized carbons (Fsp3) is 0.250.